The van der Waals surface area contributed by atoms with Crippen LogP contribution in [0.3, 0.4) is 0 Å². The van der Waals surface area contributed by atoms with Crippen LogP contribution in [0.5, 0.6) is 0 Å². The maximum atomic E-state index is 12.7. The highest BCUT2D eigenvalue weighted by molar-refractivity contribution is 5.71. The summed E-state index contributed by atoms with van der Waals surface area (Å²) in [6.07, 6.45) is 68.3. The minimum Gasteiger partial charge on any atom is -0.462 e. The first-order valence-corrected chi connectivity index (χ1v) is 30.3. The van der Waals surface area contributed by atoms with Crippen molar-refractivity contribution in [3.63, 3.8) is 0 Å². The summed E-state index contributed by atoms with van der Waals surface area (Å²) >= 11 is 0. The third-order valence-electron chi connectivity index (χ3n) is 13.7. The van der Waals surface area contributed by atoms with Gasteiger partial charge in [-0.25, -0.2) is 0 Å². The molecule has 68 heavy (non-hydrogen) atoms. The predicted molar refractivity (Wildman–Crippen MR) is 293 cm³/mol. The SMILES string of the molecule is CCCCCCC/C=C\C/C=C\CCCCCCCCCCCCCCCCCCCCCCCCCC(=O)OCC(COC(=O)CCCCCCCC)OC(=O)CCCCCCCCCCC. The van der Waals surface area contributed by atoms with Gasteiger partial charge in [0, 0.05) is 19.3 Å². The van der Waals surface area contributed by atoms with Gasteiger partial charge >= 0.3 is 17.9 Å². The Bertz CT molecular complexity index is 1100. The molecule has 0 spiro atoms. The molecule has 0 aliphatic carbocycles. The quantitative estimate of drug-likeness (QED) is 0.0262. The summed E-state index contributed by atoms with van der Waals surface area (Å²) in [5.74, 6) is -0.862. The minimum atomic E-state index is -0.760. The highest BCUT2D eigenvalue weighted by atomic mass is 16.6. The van der Waals surface area contributed by atoms with E-state index in [2.05, 4.69) is 45.1 Å². The van der Waals surface area contributed by atoms with Gasteiger partial charge in [-0.05, 0) is 51.4 Å². The fourth-order valence-electron chi connectivity index (χ4n) is 9.12. The molecule has 1 unspecified atom stereocenters. The highest BCUT2D eigenvalue weighted by Crippen LogP contribution is 2.17. The molecule has 6 heteroatoms. The fourth-order valence-corrected chi connectivity index (χ4v) is 9.12. The zero-order chi connectivity index (χ0) is 49.3. The van der Waals surface area contributed by atoms with Crippen molar-refractivity contribution < 1.29 is 28.6 Å². The van der Waals surface area contributed by atoms with Crippen LogP contribution in [0.25, 0.3) is 0 Å². The maximum absolute atomic E-state index is 12.7. The summed E-state index contributed by atoms with van der Waals surface area (Å²) in [5, 5.41) is 0. The minimum absolute atomic E-state index is 0.0653. The molecule has 0 rings (SSSR count). The van der Waals surface area contributed by atoms with Crippen molar-refractivity contribution in [2.75, 3.05) is 13.2 Å². The van der Waals surface area contributed by atoms with E-state index in [1.54, 1.807) is 0 Å². The molecule has 6 nitrogen and oxygen atoms in total. The number of hydrogen-bond donors (Lipinski definition) is 0. The van der Waals surface area contributed by atoms with Gasteiger partial charge in [0.1, 0.15) is 13.2 Å². The lowest BCUT2D eigenvalue weighted by Gasteiger charge is -2.18. The van der Waals surface area contributed by atoms with E-state index in [9.17, 15) is 14.4 Å². The van der Waals surface area contributed by atoms with Gasteiger partial charge in [0.15, 0.2) is 6.10 Å². The van der Waals surface area contributed by atoms with Crippen LogP contribution in [0.4, 0.5) is 0 Å². The second-order valence-electron chi connectivity index (χ2n) is 20.6. The second kappa shape index (κ2) is 57.5. The van der Waals surface area contributed by atoms with Crippen molar-refractivity contribution in [1.29, 1.82) is 0 Å². The Morgan fingerprint density at radius 2 is 0.529 bits per heavy atom. The monoisotopic (exact) mass is 957 g/mol. The van der Waals surface area contributed by atoms with Crippen molar-refractivity contribution in [1.82, 2.24) is 0 Å². The summed E-state index contributed by atoms with van der Waals surface area (Å²) < 4.78 is 16.7. The fraction of sp³-hybridized carbons (Fsp3) is 0.887. The smallest absolute Gasteiger partial charge is 0.306 e. The van der Waals surface area contributed by atoms with Crippen LogP contribution in [0.2, 0.25) is 0 Å². The van der Waals surface area contributed by atoms with E-state index >= 15 is 0 Å². The average Bonchev–Trinajstić information content (AvgIpc) is 3.34. The van der Waals surface area contributed by atoms with Gasteiger partial charge in [-0.2, -0.15) is 0 Å². The molecule has 0 bridgehead atoms. The van der Waals surface area contributed by atoms with E-state index < -0.39 is 6.10 Å². The van der Waals surface area contributed by atoms with E-state index in [1.807, 2.05) is 0 Å². The molecular formula is C62H116O6. The molecule has 400 valence electrons. The molecule has 1 atom stereocenters. The summed E-state index contributed by atoms with van der Waals surface area (Å²) in [5.41, 5.74) is 0. The molecule has 0 aliphatic heterocycles. The molecule has 0 aromatic carbocycles. The second-order valence-corrected chi connectivity index (χ2v) is 20.6. The van der Waals surface area contributed by atoms with Crippen molar-refractivity contribution in [2.24, 2.45) is 0 Å². The Labute approximate surface area is 423 Å². The standard InChI is InChI=1S/C62H116O6/c1-4-7-10-13-16-18-19-20-21-22-23-24-25-26-27-28-29-30-31-32-33-34-35-36-37-38-39-40-41-42-43-45-46-49-52-55-61(64)67-58-59(57-66-60(63)54-51-48-15-12-9-6-3)68-62(65)56-53-50-47-44-17-14-11-8-5-2/h19-20,22-23,59H,4-18,21,24-58H2,1-3H3/b20-19-,23-22-. The third kappa shape index (κ3) is 54.8. The molecule has 0 fully saturated rings. The molecule has 0 saturated heterocycles. The topological polar surface area (TPSA) is 78.9 Å². The van der Waals surface area contributed by atoms with Gasteiger partial charge in [0.25, 0.3) is 0 Å². The first-order valence-electron chi connectivity index (χ1n) is 30.3. The number of rotatable bonds is 56. The van der Waals surface area contributed by atoms with Crippen molar-refractivity contribution in [2.45, 2.75) is 341 Å². The number of unbranched alkanes of at least 4 members (excludes halogenated alkanes) is 41. The van der Waals surface area contributed by atoms with Gasteiger partial charge < -0.3 is 14.2 Å². The third-order valence-corrected chi connectivity index (χ3v) is 13.7. The van der Waals surface area contributed by atoms with Gasteiger partial charge in [-0.1, -0.05) is 289 Å². The summed E-state index contributed by atoms with van der Waals surface area (Å²) in [6.45, 7) is 6.58. The molecular weight excluding hydrogens is 841 g/mol. The number of carbonyl (C=O) groups is 3. The van der Waals surface area contributed by atoms with Gasteiger partial charge in [-0.15, -0.1) is 0 Å². The van der Waals surface area contributed by atoms with Crippen molar-refractivity contribution >= 4 is 17.9 Å². The molecule has 0 aromatic rings. The number of allylic oxidation sites excluding steroid dienone is 4. The largest absolute Gasteiger partial charge is 0.462 e. The number of hydrogen-bond acceptors (Lipinski definition) is 6. The lowest BCUT2D eigenvalue weighted by molar-refractivity contribution is -0.167. The van der Waals surface area contributed by atoms with Gasteiger partial charge in [0.2, 0.25) is 0 Å². The average molecular weight is 958 g/mol. The number of ether oxygens (including phenoxy) is 3. The van der Waals surface area contributed by atoms with Crippen molar-refractivity contribution in [3.8, 4) is 0 Å². The summed E-state index contributed by atoms with van der Waals surface area (Å²) in [7, 11) is 0. The van der Waals surface area contributed by atoms with Crippen LogP contribution in [-0.2, 0) is 28.6 Å². The van der Waals surface area contributed by atoms with Crippen LogP contribution in [-0.4, -0.2) is 37.2 Å². The van der Waals surface area contributed by atoms with Gasteiger partial charge in [-0.3, -0.25) is 14.4 Å². The lowest BCUT2D eigenvalue weighted by Crippen LogP contribution is -2.30. The van der Waals surface area contributed by atoms with Crippen LogP contribution in [0.15, 0.2) is 24.3 Å². The maximum Gasteiger partial charge on any atom is 0.306 e. The van der Waals surface area contributed by atoms with E-state index in [0.717, 1.165) is 64.2 Å². The number of esters is 3. The first-order chi connectivity index (χ1) is 33.5. The Balaban J connectivity index is 3.78. The molecule has 0 radical (unpaired) electrons. The molecule has 0 saturated carbocycles. The molecule has 0 N–H and O–H groups in total. The van der Waals surface area contributed by atoms with E-state index in [0.29, 0.717) is 19.3 Å². The zero-order valence-electron chi connectivity index (χ0n) is 45.9. The van der Waals surface area contributed by atoms with Crippen LogP contribution in [0, 0.1) is 0 Å². The molecule has 0 aliphatic rings. The van der Waals surface area contributed by atoms with Gasteiger partial charge in [0.05, 0.1) is 0 Å². The Morgan fingerprint density at radius 3 is 0.809 bits per heavy atom. The Morgan fingerprint density at radius 1 is 0.294 bits per heavy atom. The van der Waals surface area contributed by atoms with Crippen LogP contribution in [0.1, 0.15) is 335 Å². The summed E-state index contributed by atoms with van der Waals surface area (Å²) in [6, 6.07) is 0. The lowest BCUT2D eigenvalue weighted by atomic mass is 10.0. The summed E-state index contributed by atoms with van der Waals surface area (Å²) in [4.78, 5) is 37.7. The Hall–Kier alpha value is -2.11. The van der Waals surface area contributed by atoms with E-state index in [4.69, 9.17) is 14.2 Å². The molecule has 0 heterocycles. The van der Waals surface area contributed by atoms with Crippen LogP contribution < -0.4 is 0 Å². The van der Waals surface area contributed by atoms with Crippen molar-refractivity contribution in [3.05, 3.63) is 24.3 Å². The number of carbonyl (C=O) groups excluding carboxylic acids is 3. The predicted octanol–water partition coefficient (Wildman–Crippen LogP) is 20.3. The van der Waals surface area contributed by atoms with Crippen LogP contribution >= 0.6 is 0 Å². The Kier molecular flexibility index (Phi) is 55.7. The molecule has 0 aromatic heterocycles. The van der Waals surface area contributed by atoms with E-state index in [1.165, 1.54) is 231 Å². The normalized spacial score (nSPS) is 12.1. The molecule has 0 amide bonds. The zero-order valence-corrected chi connectivity index (χ0v) is 45.9. The highest BCUT2D eigenvalue weighted by Gasteiger charge is 2.19. The van der Waals surface area contributed by atoms with E-state index in [-0.39, 0.29) is 31.1 Å². The first kappa shape index (κ1) is 65.9.